The van der Waals surface area contributed by atoms with Gasteiger partial charge >= 0.3 is 0 Å². The number of rotatable bonds is 4. The summed E-state index contributed by atoms with van der Waals surface area (Å²) in [6.07, 6.45) is 1.58. The Labute approximate surface area is 130 Å². The minimum atomic E-state index is -0.431. The second-order valence-electron chi connectivity index (χ2n) is 4.92. The highest BCUT2D eigenvalue weighted by atomic mass is 35.5. The number of amides is 1. The van der Waals surface area contributed by atoms with Crippen molar-refractivity contribution in [2.45, 2.75) is 12.8 Å². The van der Waals surface area contributed by atoms with E-state index < -0.39 is 5.41 Å². The number of carbonyl (C=O) groups excluding carboxylic acids is 1. The summed E-state index contributed by atoms with van der Waals surface area (Å²) in [6, 6.07) is 7.15. The van der Waals surface area contributed by atoms with Gasteiger partial charge in [-0.3, -0.25) is 4.79 Å². The van der Waals surface area contributed by atoms with Crippen LogP contribution in [0.4, 0.5) is 5.69 Å². The highest BCUT2D eigenvalue weighted by molar-refractivity contribution is 6.30. The van der Waals surface area contributed by atoms with E-state index in [2.05, 4.69) is 10.6 Å². The third-order valence-electron chi connectivity index (χ3n) is 3.57. The van der Waals surface area contributed by atoms with Crippen molar-refractivity contribution in [3.63, 3.8) is 0 Å². The summed E-state index contributed by atoms with van der Waals surface area (Å²) in [7, 11) is 1.64. The van der Waals surface area contributed by atoms with E-state index in [0.29, 0.717) is 11.6 Å². The first-order valence-corrected chi connectivity index (χ1v) is 6.81. The van der Waals surface area contributed by atoms with E-state index in [-0.39, 0.29) is 18.3 Å². The zero-order valence-corrected chi connectivity index (χ0v) is 13.0. The largest absolute Gasteiger partial charge is 0.384 e. The number of hydrogen-bond acceptors (Lipinski definition) is 3. The molecule has 0 aliphatic carbocycles. The lowest BCUT2D eigenvalue weighted by atomic mass is 9.78. The maximum absolute atomic E-state index is 12.5. The van der Waals surface area contributed by atoms with Crippen molar-refractivity contribution in [3.8, 4) is 0 Å². The second-order valence-corrected chi connectivity index (χ2v) is 5.36. The van der Waals surface area contributed by atoms with Gasteiger partial charge in [-0.15, -0.1) is 12.4 Å². The molecular weight excluding hydrogens is 299 g/mol. The van der Waals surface area contributed by atoms with Crippen molar-refractivity contribution in [1.29, 1.82) is 0 Å². The standard InChI is InChI=1S/C14H19ClN2O2.ClH/c1-19-10-14(6-8-16-9-7-14)13(18)17-12-4-2-11(15)3-5-12;/h2-5,16H,6-10H2,1H3,(H,17,18);1H. The minimum Gasteiger partial charge on any atom is -0.384 e. The molecule has 4 nitrogen and oxygen atoms in total. The molecule has 1 aliphatic rings. The number of ether oxygens (including phenoxy) is 1. The van der Waals surface area contributed by atoms with Crippen molar-refractivity contribution in [1.82, 2.24) is 5.32 Å². The number of carbonyl (C=O) groups is 1. The van der Waals surface area contributed by atoms with Crippen LogP contribution in [0.5, 0.6) is 0 Å². The third-order valence-corrected chi connectivity index (χ3v) is 3.82. The van der Waals surface area contributed by atoms with Crippen molar-refractivity contribution in [3.05, 3.63) is 29.3 Å². The van der Waals surface area contributed by atoms with Gasteiger partial charge in [0.05, 0.1) is 12.0 Å². The van der Waals surface area contributed by atoms with Crippen LogP contribution in [0.25, 0.3) is 0 Å². The van der Waals surface area contributed by atoms with Crippen molar-refractivity contribution in [2.24, 2.45) is 5.41 Å². The molecule has 1 saturated heterocycles. The summed E-state index contributed by atoms with van der Waals surface area (Å²) in [5.41, 5.74) is 0.336. The molecule has 1 aromatic carbocycles. The molecule has 1 aromatic rings. The zero-order valence-electron chi connectivity index (χ0n) is 11.4. The Bertz CT molecular complexity index is 426. The summed E-state index contributed by atoms with van der Waals surface area (Å²) in [5.74, 6) is 0.0261. The molecular formula is C14H20Cl2N2O2. The lowest BCUT2D eigenvalue weighted by Gasteiger charge is -2.35. The van der Waals surface area contributed by atoms with E-state index in [9.17, 15) is 4.79 Å². The average molecular weight is 319 g/mol. The molecule has 0 atom stereocenters. The van der Waals surface area contributed by atoms with Crippen LogP contribution in [0.1, 0.15) is 12.8 Å². The van der Waals surface area contributed by atoms with E-state index >= 15 is 0 Å². The number of methoxy groups -OCH3 is 1. The first kappa shape index (κ1) is 17.2. The highest BCUT2D eigenvalue weighted by Gasteiger charge is 2.39. The molecule has 112 valence electrons. The van der Waals surface area contributed by atoms with Gasteiger partial charge in [0.1, 0.15) is 0 Å². The number of hydrogen-bond donors (Lipinski definition) is 2. The van der Waals surface area contributed by atoms with E-state index in [0.717, 1.165) is 31.6 Å². The van der Waals surface area contributed by atoms with Crippen LogP contribution < -0.4 is 10.6 Å². The molecule has 0 aromatic heterocycles. The Morgan fingerprint density at radius 2 is 1.95 bits per heavy atom. The number of anilines is 1. The van der Waals surface area contributed by atoms with Gasteiger partial charge < -0.3 is 15.4 Å². The third kappa shape index (κ3) is 4.09. The molecule has 0 saturated carbocycles. The number of piperidine rings is 1. The average Bonchev–Trinajstić information content (AvgIpc) is 2.43. The Hall–Kier alpha value is -0.810. The van der Waals surface area contributed by atoms with Gasteiger partial charge in [-0.05, 0) is 50.2 Å². The lowest BCUT2D eigenvalue weighted by molar-refractivity contribution is -0.130. The molecule has 1 aliphatic heterocycles. The van der Waals surface area contributed by atoms with E-state index in [1.54, 1.807) is 19.2 Å². The quantitative estimate of drug-likeness (QED) is 0.897. The fourth-order valence-electron chi connectivity index (χ4n) is 2.42. The zero-order chi connectivity index (χ0) is 13.7. The first-order chi connectivity index (χ1) is 9.16. The number of nitrogens with one attached hydrogen (secondary N) is 2. The first-order valence-electron chi connectivity index (χ1n) is 6.43. The molecule has 0 radical (unpaired) electrons. The molecule has 6 heteroatoms. The van der Waals surface area contributed by atoms with Gasteiger partial charge in [-0.1, -0.05) is 11.6 Å². The summed E-state index contributed by atoms with van der Waals surface area (Å²) >= 11 is 5.83. The second kappa shape index (κ2) is 7.84. The fraction of sp³-hybridized carbons (Fsp3) is 0.500. The van der Waals surface area contributed by atoms with Gasteiger partial charge in [-0.2, -0.15) is 0 Å². The van der Waals surface area contributed by atoms with Crippen LogP contribution in [0.15, 0.2) is 24.3 Å². The number of halogens is 2. The van der Waals surface area contributed by atoms with E-state index in [1.165, 1.54) is 0 Å². The fourth-order valence-corrected chi connectivity index (χ4v) is 2.54. The minimum absolute atomic E-state index is 0. The van der Waals surface area contributed by atoms with Gasteiger partial charge in [0.2, 0.25) is 5.91 Å². The van der Waals surface area contributed by atoms with Gasteiger partial charge in [0.15, 0.2) is 0 Å². The van der Waals surface area contributed by atoms with Crippen LogP contribution >= 0.6 is 24.0 Å². The number of benzene rings is 1. The molecule has 0 unspecified atom stereocenters. The summed E-state index contributed by atoms with van der Waals surface area (Å²) in [6.45, 7) is 2.14. The SMILES string of the molecule is COCC1(C(=O)Nc2ccc(Cl)cc2)CCNCC1.Cl. The summed E-state index contributed by atoms with van der Waals surface area (Å²) < 4.78 is 5.25. The molecule has 0 bridgehead atoms. The van der Waals surface area contributed by atoms with Crippen molar-refractivity contribution >= 4 is 35.6 Å². The van der Waals surface area contributed by atoms with Crippen molar-refractivity contribution < 1.29 is 9.53 Å². The Morgan fingerprint density at radius 1 is 1.35 bits per heavy atom. The summed E-state index contributed by atoms with van der Waals surface area (Å²) in [4.78, 5) is 12.5. The van der Waals surface area contributed by atoms with Crippen LogP contribution in [0, 0.1) is 5.41 Å². The molecule has 1 heterocycles. The van der Waals surface area contributed by atoms with Crippen LogP contribution in [0.3, 0.4) is 0 Å². The van der Waals surface area contributed by atoms with Gasteiger partial charge in [0.25, 0.3) is 0 Å². The molecule has 0 spiro atoms. The van der Waals surface area contributed by atoms with Crippen LogP contribution in [-0.4, -0.2) is 32.7 Å². The molecule has 2 rings (SSSR count). The monoisotopic (exact) mass is 318 g/mol. The van der Waals surface area contributed by atoms with Gasteiger partial charge in [-0.25, -0.2) is 0 Å². The highest BCUT2D eigenvalue weighted by Crippen LogP contribution is 2.31. The summed E-state index contributed by atoms with van der Waals surface area (Å²) in [5, 5.41) is 6.89. The molecule has 1 amide bonds. The normalized spacial score (nSPS) is 17.1. The predicted octanol–water partition coefficient (Wildman–Crippen LogP) is 2.72. The maximum atomic E-state index is 12.5. The van der Waals surface area contributed by atoms with Crippen LogP contribution in [-0.2, 0) is 9.53 Å². The van der Waals surface area contributed by atoms with Gasteiger partial charge in [0, 0.05) is 17.8 Å². The molecule has 1 fully saturated rings. The van der Waals surface area contributed by atoms with Crippen molar-refractivity contribution in [2.75, 3.05) is 32.1 Å². The van der Waals surface area contributed by atoms with Crippen LogP contribution in [0.2, 0.25) is 5.02 Å². The lowest BCUT2D eigenvalue weighted by Crippen LogP contribution is -2.47. The Kier molecular flexibility index (Phi) is 6.76. The van der Waals surface area contributed by atoms with E-state index in [1.807, 2.05) is 12.1 Å². The predicted molar refractivity (Wildman–Crippen MR) is 83.7 cm³/mol. The Morgan fingerprint density at radius 3 is 2.50 bits per heavy atom. The molecule has 20 heavy (non-hydrogen) atoms. The maximum Gasteiger partial charge on any atom is 0.233 e. The topological polar surface area (TPSA) is 50.4 Å². The Balaban J connectivity index is 0.00000200. The molecule has 2 N–H and O–H groups in total. The smallest absolute Gasteiger partial charge is 0.233 e. The van der Waals surface area contributed by atoms with E-state index in [4.69, 9.17) is 16.3 Å².